The molecule has 2 N–H and O–H groups in total. The number of benzene rings is 1. The third-order valence-corrected chi connectivity index (χ3v) is 3.43. The molecule has 0 unspecified atom stereocenters. The van der Waals surface area contributed by atoms with Gasteiger partial charge >= 0.3 is 5.97 Å². The summed E-state index contributed by atoms with van der Waals surface area (Å²) in [6, 6.07) is 7.15. The summed E-state index contributed by atoms with van der Waals surface area (Å²) < 4.78 is 5.10. The zero-order chi connectivity index (χ0) is 17.5. The van der Waals surface area contributed by atoms with Crippen LogP contribution in [0.15, 0.2) is 28.8 Å². The van der Waals surface area contributed by atoms with Gasteiger partial charge in [-0.1, -0.05) is 31.1 Å². The van der Waals surface area contributed by atoms with E-state index < -0.39 is 5.97 Å². The molecule has 1 aromatic carbocycles. The van der Waals surface area contributed by atoms with E-state index in [-0.39, 0.29) is 24.7 Å². The molecule has 1 heterocycles. The second-order valence-corrected chi connectivity index (χ2v) is 5.84. The van der Waals surface area contributed by atoms with Crippen LogP contribution in [0.2, 0.25) is 0 Å². The van der Waals surface area contributed by atoms with Crippen molar-refractivity contribution in [1.29, 1.82) is 0 Å². The summed E-state index contributed by atoms with van der Waals surface area (Å²) in [5.74, 6) is 0.322. The Morgan fingerprint density at radius 3 is 2.46 bits per heavy atom. The first-order valence-electron chi connectivity index (χ1n) is 7.87. The summed E-state index contributed by atoms with van der Waals surface area (Å²) in [5, 5.41) is 15.3. The fourth-order valence-corrected chi connectivity index (χ4v) is 2.05. The molecule has 1 amide bonds. The molecule has 0 bridgehead atoms. The number of carboxylic acids is 1. The smallest absolute Gasteiger partial charge is 0.303 e. The second kappa shape index (κ2) is 8.24. The maximum atomic E-state index is 11.9. The molecule has 128 valence electrons. The molecule has 0 radical (unpaired) electrons. The number of rotatable bonds is 8. The molecule has 0 aliphatic heterocycles. The lowest BCUT2D eigenvalue weighted by Gasteiger charge is -2.05. The average molecular weight is 331 g/mol. The molecule has 0 atom stereocenters. The number of nitrogens with zero attached hydrogens (tertiary/aromatic N) is 2. The first kappa shape index (κ1) is 17.7. The van der Waals surface area contributed by atoms with E-state index in [1.165, 1.54) is 0 Å². The fraction of sp³-hybridized carbons (Fsp3) is 0.412. The first-order chi connectivity index (χ1) is 11.4. The van der Waals surface area contributed by atoms with Crippen molar-refractivity contribution >= 4 is 17.6 Å². The normalized spacial score (nSPS) is 10.8. The minimum Gasteiger partial charge on any atom is -0.481 e. The van der Waals surface area contributed by atoms with Crippen LogP contribution >= 0.6 is 0 Å². The van der Waals surface area contributed by atoms with Gasteiger partial charge in [0.05, 0.1) is 0 Å². The Hall–Kier alpha value is -2.70. The van der Waals surface area contributed by atoms with Gasteiger partial charge in [-0.2, -0.15) is 4.98 Å². The van der Waals surface area contributed by atoms with Gasteiger partial charge in [-0.25, -0.2) is 0 Å². The van der Waals surface area contributed by atoms with E-state index in [0.29, 0.717) is 30.2 Å². The highest BCUT2D eigenvalue weighted by atomic mass is 16.5. The van der Waals surface area contributed by atoms with Gasteiger partial charge < -0.3 is 14.9 Å². The minimum atomic E-state index is -0.825. The van der Waals surface area contributed by atoms with Gasteiger partial charge in [-0.15, -0.1) is 0 Å². The number of aromatic nitrogens is 2. The Bertz CT molecular complexity index is 692. The van der Waals surface area contributed by atoms with Crippen molar-refractivity contribution in [2.45, 2.75) is 45.4 Å². The number of carbonyl (C=O) groups excluding carboxylic acids is 1. The standard InChI is InChI=1S/C17H21N3O4/c1-11(2)17-19-15(24-20-17)9-8-14(21)18-13-6-3-12(4-7-13)5-10-16(22)23/h3-4,6-7,11H,5,8-10H2,1-2H3,(H,18,21)(H,22,23). The number of aliphatic carboxylic acids is 1. The van der Waals surface area contributed by atoms with Crippen LogP contribution in [0.4, 0.5) is 5.69 Å². The molecule has 2 aromatic rings. The number of anilines is 1. The zero-order valence-corrected chi connectivity index (χ0v) is 13.8. The van der Waals surface area contributed by atoms with Gasteiger partial charge in [-0.05, 0) is 24.1 Å². The maximum absolute atomic E-state index is 11.9. The van der Waals surface area contributed by atoms with Crippen molar-refractivity contribution in [2.75, 3.05) is 5.32 Å². The monoisotopic (exact) mass is 331 g/mol. The van der Waals surface area contributed by atoms with Crippen molar-refractivity contribution in [3.63, 3.8) is 0 Å². The lowest BCUT2D eigenvalue weighted by atomic mass is 10.1. The molecule has 2 rings (SSSR count). The van der Waals surface area contributed by atoms with Crippen LogP contribution in [-0.4, -0.2) is 27.1 Å². The highest BCUT2D eigenvalue weighted by Crippen LogP contribution is 2.13. The Labute approximate surface area is 140 Å². The quantitative estimate of drug-likeness (QED) is 0.770. The lowest BCUT2D eigenvalue weighted by molar-refractivity contribution is -0.137. The van der Waals surface area contributed by atoms with Gasteiger partial charge in [0.1, 0.15) is 0 Å². The number of aryl methyl sites for hydroxylation is 2. The SMILES string of the molecule is CC(C)c1noc(CCC(=O)Nc2ccc(CCC(=O)O)cc2)n1. The van der Waals surface area contributed by atoms with Crippen LogP contribution in [0, 0.1) is 0 Å². The van der Waals surface area contributed by atoms with Crippen LogP contribution in [0.25, 0.3) is 0 Å². The predicted molar refractivity (Wildman–Crippen MR) is 87.7 cm³/mol. The number of hydrogen-bond acceptors (Lipinski definition) is 5. The molecular weight excluding hydrogens is 310 g/mol. The first-order valence-corrected chi connectivity index (χ1v) is 7.87. The third kappa shape index (κ3) is 5.49. The summed E-state index contributed by atoms with van der Waals surface area (Å²) in [4.78, 5) is 26.7. The second-order valence-electron chi connectivity index (χ2n) is 5.84. The summed E-state index contributed by atoms with van der Waals surface area (Å²) in [7, 11) is 0. The molecule has 0 spiro atoms. The van der Waals surface area contributed by atoms with Crippen LogP contribution in [-0.2, 0) is 22.4 Å². The summed E-state index contributed by atoms with van der Waals surface area (Å²) in [6.45, 7) is 3.95. The van der Waals surface area contributed by atoms with Gasteiger partial charge in [0, 0.05) is 30.9 Å². The van der Waals surface area contributed by atoms with Gasteiger partial charge in [0.15, 0.2) is 5.82 Å². The highest BCUT2D eigenvalue weighted by Gasteiger charge is 2.11. The molecular formula is C17H21N3O4. The molecule has 24 heavy (non-hydrogen) atoms. The Morgan fingerprint density at radius 2 is 1.88 bits per heavy atom. The summed E-state index contributed by atoms with van der Waals surface area (Å²) >= 11 is 0. The summed E-state index contributed by atoms with van der Waals surface area (Å²) in [5.41, 5.74) is 1.59. The highest BCUT2D eigenvalue weighted by molar-refractivity contribution is 5.90. The topological polar surface area (TPSA) is 105 Å². The molecule has 0 aliphatic rings. The third-order valence-electron chi connectivity index (χ3n) is 3.43. The van der Waals surface area contributed by atoms with E-state index in [1.807, 2.05) is 26.0 Å². The Morgan fingerprint density at radius 1 is 1.17 bits per heavy atom. The predicted octanol–water partition coefficient (Wildman–Crippen LogP) is 2.78. The van der Waals surface area contributed by atoms with Gasteiger partial charge in [-0.3, -0.25) is 9.59 Å². The van der Waals surface area contributed by atoms with Crippen LogP contribution in [0.3, 0.4) is 0 Å². The summed E-state index contributed by atoms with van der Waals surface area (Å²) in [6.07, 6.45) is 1.20. The minimum absolute atomic E-state index is 0.0915. The van der Waals surface area contributed by atoms with Crippen LogP contribution in [0.1, 0.15) is 49.9 Å². The Balaban J connectivity index is 1.80. The molecule has 1 aromatic heterocycles. The van der Waals surface area contributed by atoms with Crippen molar-refractivity contribution < 1.29 is 19.2 Å². The van der Waals surface area contributed by atoms with E-state index >= 15 is 0 Å². The maximum Gasteiger partial charge on any atom is 0.303 e. The number of hydrogen-bond donors (Lipinski definition) is 2. The molecule has 7 heteroatoms. The number of carboxylic acid groups (broad SMARTS) is 1. The Kier molecular flexibility index (Phi) is 6.06. The fourth-order valence-electron chi connectivity index (χ4n) is 2.05. The van der Waals surface area contributed by atoms with E-state index in [2.05, 4.69) is 15.5 Å². The number of amides is 1. The van der Waals surface area contributed by atoms with E-state index in [1.54, 1.807) is 12.1 Å². The van der Waals surface area contributed by atoms with Gasteiger partial charge in [0.2, 0.25) is 11.8 Å². The molecule has 0 saturated heterocycles. The van der Waals surface area contributed by atoms with E-state index in [0.717, 1.165) is 5.56 Å². The largest absolute Gasteiger partial charge is 0.481 e. The lowest BCUT2D eigenvalue weighted by Crippen LogP contribution is -2.12. The van der Waals surface area contributed by atoms with Crippen LogP contribution in [0.5, 0.6) is 0 Å². The molecule has 0 fully saturated rings. The van der Waals surface area contributed by atoms with Crippen molar-refractivity contribution in [2.24, 2.45) is 0 Å². The van der Waals surface area contributed by atoms with Crippen molar-refractivity contribution in [3.8, 4) is 0 Å². The van der Waals surface area contributed by atoms with E-state index in [9.17, 15) is 9.59 Å². The van der Waals surface area contributed by atoms with Crippen molar-refractivity contribution in [1.82, 2.24) is 10.1 Å². The molecule has 0 aliphatic carbocycles. The number of carbonyl (C=O) groups is 2. The van der Waals surface area contributed by atoms with E-state index in [4.69, 9.17) is 9.63 Å². The van der Waals surface area contributed by atoms with Gasteiger partial charge in [0.25, 0.3) is 0 Å². The zero-order valence-electron chi connectivity index (χ0n) is 13.8. The van der Waals surface area contributed by atoms with Crippen LogP contribution < -0.4 is 5.32 Å². The van der Waals surface area contributed by atoms with Crippen molar-refractivity contribution in [3.05, 3.63) is 41.5 Å². The average Bonchev–Trinajstić information content (AvgIpc) is 3.01. The number of nitrogens with one attached hydrogen (secondary N) is 1. The molecule has 0 saturated carbocycles. The molecule has 7 nitrogen and oxygen atoms in total.